The van der Waals surface area contributed by atoms with Crippen molar-refractivity contribution in [1.82, 2.24) is 5.32 Å². The van der Waals surface area contributed by atoms with Crippen molar-refractivity contribution in [1.29, 1.82) is 0 Å². The Kier molecular flexibility index (Phi) is 8.75. The minimum Gasteiger partial charge on any atom is -0.393 e. The zero-order valence-electron chi connectivity index (χ0n) is 23.1. The number of amides is 1. The third-order valence-corrected chi connectivity index (χ3v) is 12.4. The molecule has 5 N–H and O–H groups in total. The Hall–Kier alpha value is -0.620. The summed E-state index contributed by atoms with van der Waals surface area (Å²) in [5.74, 6) is -4.14. The number of aliphatic hydroxyl groups is 1. The predicted octanol–water partition coefficient (Wildman–Crippen LogP) is 3.81. The summed E-state index contributed by atoms with van der Waals surface area (Å²) in [7, 11) is -9.27. The maximum Gasteiger partial charge on any atom is 0.472 e. The van der Waals surface area contributed by atoms with Crippen LogP contribution in [-0.4, -0.2) is 58.0 Å². The molecule has 4 saturated carbocycles. The number of alkyl halides is 1. The Balaban J connectivity index is 1.52. The summed E-state index contributed by atoms with van der Waals surface area (Å²) in [5.41, 5.74) is -0.516. The molecule has 4 aliphatic carbocycles. The minimum atomic E-state index is -5.12. The van der Waals surface area contributed by atoms with Gasteiger partial charge in [0.25, 0.3) is 10.1 Å². The Morgan fingerprint density at radius 3 is 2.41 bits per heavy atom. The van der Waals surface area contributed by atoms with Crippen molar-refractivity contribution in [3.05, 3.63) is 0 Å². The van der Waals surface area contributed by atoms with Crippen LogP contribution in [0.5, 0.6) is 0 Å². The number of carbonyl (C=O) groups excluding carboxylic acids is 1. The number of hydrogen-bond donors (Lipinski definition) is 5. The van der Waals surface area contributed by atoms with Gasteiger partial charge < -0.3 is 20.2 Å². The van der Waals surface area contributed by atoms with Gasteiger partial charge in [-0.15, -0.1) is 0 Å². The van der Waals surface area contributed by atoms with Gasteiger partial charge >= 0.3 is 7.82 Å². The number of rotatable bonds is 9. The van der Waals surface area contributed by atoms with Gasteiger partial charge in [0.1, 0.15) is 0 Å². The maximum atomic E-state index is 17.0. The van der Waals surface area contributed by atoms with Gasteiger partial charge in [-0.1, -0.05) is 20.8 Å². The lowest BCUT2D eigenvalue weighted by molar-refractivity contribution is -0.262. The van der Waals surface area contributed by atoms with E-state index < -0.39 is 41.6 Å². The molecule has 0 bridgehead atoms. The molecular formula is C26H45FNO9PS. The molecule has 4 rings (SSSR count). The largest absolute Gasteiger partial charge is 0.472 e. The first-order valence-corrected chi connectivity index (χ1v) is 17.4. The van der Waals surface area contributed by atoms with E-state index >= 15 is 4.39 Å². The zero-order chi connectivity index (χ0) is 29.0. The molecule has 1 amide bonds. The van der Waals surface area contributed by atoms with E-state index in [1.807, 2.05) is 0 Å². The predicted molar refractivity (Wildman–Crippen MR) is 141 cm³/mol. The summed E-state index contributed by atoms with van der Waals surface area (Å²) in [5, 5.41) is 12.9. The van der Waals surface area contributed by atoms with Crippen molar-refractivity contribution < 1.29 is 46.1 Å². The smallest absolute Gasteiger partial charge is 0.393 e. The molecule has 39 heavy (non-hydrogen) atoms. The standard InChI is InChI=1S/C26H45FNO9PS/c1-16(4-7-22(30)28-12-13-39(34,35)36)19-5-6-20-23-21(9-11-25(19,20)3)24(2)10-8-18(29)14-17(24)15-26(23,27)37-38(31,32)33/h16-21,23,29H,4-15H2,1-3H3,(H,28,30)(H2,31,32,33)(H,34,35,36). The molecule has 4 fully saturated rings. The number of fused-ring (bicyclic) bond motifs is 5. The Bertz CT molecular complexity index is 1090. The average molecular weight is 598 g/mol. The number of nitrogens with one attached hydrogen (secondary N) is 1. The van der Waals surface area contributed by atoms with Crippen molar-refractivity contribution in [2.75, 3.05) is 12.3 Å². The summed E-state index contributed by atoms with van der Waals surface area (Å²) in [6.07, 6.45) is 4.99. The number of phosphoric ester groups is 1. The van der Waals surface area contributed by atoms with E-state index in [0.717, 1.165) is 25.7 Å². The fourth-order valence-corrected chi connectivity index (χ4v) is 10.3. The van der Waals surface area contributed by atoms with Crippen molar-refractivity contribution >= 4 is 23.8 Å². The van der Waals surface area contributed by atoms with Gasteiger partial charge in [-0.3, -0.25) is 9.35 Å². The lowest BCUT2D eigenvalue weighted by atomic mass is 9.43. The van der Waals surface area contributed by atoms with Gasteiger partial charge in [0.2, 0.25) is 11.8 Å². The molecule has 0 saturated heterocycles. The van der Waals surface area contributed by atoms with E-state index in [1.54, 1.807) is 0 Å². The first-order valence-electron chi connectivity index (χ1n) is 14.2. The Labute approximate surface area is 230 Å². The van der Waals surface area contributed by atoms with Crippen molar-refractivity contribution in [2.24, 2.45) is 46.3 Å². The van der Waals surface area contributed by atoms with Crippen molar-refractivity contribution in [2.45, 2.75) is 96.9 Å². The molecule has 0 spiro atoms. The number of hydrogen-bond acceptors (Lipinski definition) is 6. The van der Waals surface area contributed by atoms with E-state index in [-0.39, 0.29) is 65.7 Å². The van der Waals surface area contributed by atoms with Crippen LogP contribution >= 0.6 is 7.82 Å². The van der Waals surface area contributed by atoms with Crippen LogP contribution in [0.1, 0.15) is 85.0 Å². The van der Waals surface area contributed by atoms with Crippen LogP contribution in [0, 0.1) is 46.3 Å². The molecule has 0 aromatic carbocycles. The molecule has 10 nitrogen and oxygen atoms in total. The molecule has 226 valence electrons. The highest BCUT2D eigenvalue weighted by Crippen LogP contribution is 2.72. The number of carbonyl (C=O) groups is 1. The molecular weight excluding hydrogens is 552 g/mol. The highest BCUT2D eigenvalue weighted by atomic mass is 32.2. The SMILES string of the molecule is CC(CCC(=O)NCCS(=O)(=O)O)C1CCC2C3C(CCC12C)C1(C)CCC(O)CC1CC3(F)OP(=O)(O)O. The van der Waals surface area contributed by atoms with Gasteiger partial charge in [-0.25, -0.2) is 13.5 Å². The van der Waals surface area contributed by atoms with E-state index in [1.165, 1.54) is 0 Å². The van der Waals surface area contributed by atoms with Gasteiger partial charge in [-0.05, 0) is 91.8 Å². The highest BCUT2D eigenvalue weighted by Gasteiger charge is 2.69. The van der Waals surface area contributed by atoms with Crippen LogP contribution in [0.4, 0.5) is 4.39 Å². The maximum absolute atomic E-state index is 17.0. The molecule has 10 unspecified atom stereocenters. The zero-order valence-corrected chi connectivity index (χ0v) is 24.8. The minimum absolute atomic E-state index is 0.110. The van der Waals surface area contributed by atoms with Crippen molar-refractivity contribution in [3.63, 3.8) is 0 Å². The van der Waals surface area contributed by atoms with Crippen LogP contribution in [0.3, 0.4) is 0 Å². The molecule has 13 heteroatoms. The quantitative estimate of drug-likeness (QED) is 0.196. The fraction of sp³-hybridized carbons (Fsp3) is 0.962. The number of halogens is 1. The normalized spacial score (nSPS) is 43.2. The monoisotopic (exact) mass is 597 g/mol. The van der Waals surface area contributed by atoms with Crippen LogP contribution in [0.25, 0.3) is 0 Å². The Morgan fingerprint density at radius 1 is 1.13 bits per heavy atom. The summed E-state index contributed by atoms with van der Waals surface area (Å²) in [6, 6.07) is 0. The number of phosphoric acid groups is 1. The van der Waals surface area contributed by atoms with Gasteiger partial charge in [0.15, 0.2) is 0 Å². The molecule has 0 aromatic rings. The summed E-state index contributed by atoms with van der Waals surface area (Å²) in [4.78, 5) is 31.7. The third kappa shape index (κ3) is 6.42. The lowest BCUT2D eigenvalue weighted by Gasteiger charge is -2.64. The molecule has 10 atom stereocenters. The topological polar surface area (TPSA) is 170 Å². The molecule has 0 heterocycles. The second kappa shape index (κ2) is 10.9. The summed E-state index contributed by atoms with van der Waals surface area (Å²) < 4.78 is 64.6. The van der Waals surface area contributed by atoms with Crippen LogP contribution < -0.4 is 5.32 Å². The fourth-order valence-electron chi connectivity index (χ4n) is 9.39. The van der Waals surface area contributed by atoms with Gasteiger partial charge in [-0.2, -0.15) is 8.42 Å². The first kappa shape index (κ1) is 31.3. The third-order valence-electron chi connectivity index (χ3n) is 11.2. The molecule has 4 aliphatic rings. The van der Waals surface area contributed by atoms with Gasteiger partial charge in [0, 0.05) is 25.3 Å². The molecule has 0 aromatic heterocycles. The summed E-state index contributed by atoms with van der Waals surface area (Å²) >= 11 is 0. The second-order valence-corrected chi connectivity index (χ2v) is 16.1. The Morgan fingerprint density at radius 2 is 1.77 bits per heavy atom. The highest BCUT2D eigenvalue weighted by molar-refractivity contribution is 7.85. The molecule has 0 radical (unpaired) electrons. The van der Waals surface area contributed by atoms with Crippen LogP contribution in [-0.2, 0) is 24.0 Å². The van der Waals surface area contributed by atoms with Crippen molar-refractivity contribution in [3.8, 4) is 0 Å². The van der Waals surface area contributed by atoms with E-state index in [2.05, 4.69) is 26.1 Å². The van der Waals surface area contributed by atoms with E-state index in [4.69, 9.17) is 9.08 Å². The van der Waals surface area contributed by atoms with E-state index in [9.17, 15) is 32.7 Å². The van der Waals surface area contributed by atoms with Gasteiger partial charge in [0.05, 0.1) is 11.9 Å². The van der Waals surface area contributed by atoms with Crippen LogP contribution in [0.15, 0.2) is 0 Å². The molecule has 0 aliphatic heterocycles. The lowest BCUT2D eigenvalue weighted by Crippen LogP contribution is -2.62. The second-order valence-electron chi connectivity index (χ2n) is 13.3. The average Bonchev–Trinajstić information content (AvgIpc) is 3.13. The van der Waals surface area contributed by atoms with E-state index in [0.29, 0.717) is 25.7 Å². The number of aliphatic hydroxyl groups excluding tert-OH is 1. The summed E-state index contributed by atoms with van der Waals surface area (Å²) in [6.45, 7) is 6.24. The first-order chi connectivity index (χ1) is 17.9. The van der Waals surface area contributed by atoms with Crippen LogP contribution in [0.2, 0.25) is 0 Å².